The van der Waals surface area contributed by atoms with E-state index in [0.29, 0.717) is 18.9 Å². The molecule has 4 heteroatoms. The van der Waals surface area contributed by atoms with Gasteiger partial charge in [-0.25, -0.2) is 0 Å². The molecule has 0 bridgehead atoms. The van der Waals surface area contributed by atoms with Crippen molar-refractivity contribution in [3.63, 3.8) is 0 Å². The molecule has 1 aliphatic rings. The second-order valence-corrected chi connectivity index (χ2v) is 5.82. The summed E-state index contributed by atoms with van der Waals surface area (Å²) in [6.07, 6.45) is 9.19. The van der Waals surface area contributed by atoms with E-state index in [4.69, 9.17) is 9.47 Å². The highest BCUT2D eigenvalue weighted by Crippen LogP contribution is 2.19. The molecule has 0 saturated heterocycles. The molecule has 126 valence electrons. The molecule has 1 aliphatic carbocycles. The van der Waals surface area contributed by atoms with E-state index in [2.05, 4.69) is 18.3 Å². The van der Waals surface area contributed by atoms with E-state index in [1.807, 2.05) is 24.3 Å². The number of carbonyl (C=O) groups is 1. The maximum Gasteiger partial charge on any atom is 0.257 e. The van der Waals surface area contributed by atoms with Crippen LogP contribution < -0.4 is 14.8 Å². The number of amides is 1. The average molecular weight is 317 g/mol. The first kappa shape index (κ1) is 17.4. The van der Waals surface area contributed by atoms with E-state index >= 15 is 0 Å². The third-order valence-corrected chi connectivity index (χ3v) is 3.82. The van der Waals surface area contributed by atoms with Crippen LogP contribution in [0, 0.1) is 0 Å². The highest BCUT2D eigenvalue weighted by molar-refractivity contribution is 5.77. The first-order chi connectivity index (χ1) is 11.3. The zero-order chi connectivity index (χ0) is 16.3. The molecule has 0 unspecified atom stereocenters. The minimum atomic E-state index is -0.0762. The van der Waals surface area contributed by atoms with E-state index in [9.17, 15) is 4.79 Å². The predicted molar refractivity (Wildman–Crippen MR) is 91.9 cm³/mol. The first-order valence-corrected chi connectivity index (χ1v) is 8.58. The summed E-state index contributed by atoms with van der Waals surface area (Å²) in [7, 11) is 0. The molecular formula is C19H27NO3. The molecule has 0 radical (unpaired) electrons. The van der Waals surface area contributed by atoms with Gasteiger partial charge in [0, 0.05) is 6.54 Å². The number of nitrogens with one attached hydrogen (secondary N) is 1. The van der Waals surface area contributed by atoms with Gasteiger partial charge < -0.3 is 14.8 Å². The van der Waals surface area contributed by atoms with Gasteiger partial charge in [-0.2, -0.15) is 0 Å². The summed E-state index contributed by atoms with van der Waals surface area (Å²) in [5.74, 6) is 1.43. The molecule has 0 fully saturated rings. The summed E-state index contributed by atoms with van der Waals surface area (Å²) in [5, 5.41) is 2.91. The van der Waals surface area contributed by atoms with Gasteiger partial charge in [-0.05, 0) is 62.8 Å². The van der Waals surface area contributed by atoms with Gasteiger partial charge in [0.05, 0.1) is 6.61 Å². The maximum atomic E-state index is 11.8. The lowest BCUT2D eigenvalue weighted by molar-refractivity contribution is -0.123. The minimum Gasteiger partial charge on any atom is -0.494 e. The standard InChI is InChI=1S/C19H27NO3/c1-2-14-22-17-8-10-18(11-9-17)23-15-19(21)20-13-12-16-6-4-3-5-7-16/h6,8-11H,2-5,7,12-15H2,1H3,(H,20,21). The number of ether oxygens (including phenoxy) is 2. The molecule has 2 rings (SSSR count). The Morgan fingerprint density at radius 3 is 2.52 bits per heavy atom. The smallest absolute Gasteiger partial charge is 0.257 e. The molecule has 0 spiro atoms. The molecule has 1 aromatic rings. The highest BCUT2D eigenvalue weighted by atomic mass is 16.5. The van der Waals surface area contributed by atoms with Crippen molar-refractivity contribution in [3.8, 4) is 11.5 Å². The molecule has 4 nitrogen and oxygen atoms in total. The monoisotopic (exact) mass is 317 g/mol. The Hall–Kier alpha value is -1.97. The number of carbonyl (C=O) groups excluding carboxylic acids is 1. The van der Waals surface area contributed by atoms with Gasteiger partial charge in [0.1, 0.15) is 11.5 Å². The molecule has 1 N–H and O–H groups in total. The van der Waals surface area contributed by atoms with Crippen molar-refractivity contribution in [2.75, 3.05) is 19.8 Å². The van der Waals surface area contributed by atoms with Crippen molar-refractivity contribution in [3.05, 3.63) is 35.9 Å². The fraction of sp³-hybridized carbons (Fsp3) is 0.526. The number of hydrogen-bond donors (Lipinski definition) is 1. The Morgan fingerprint density at radius 2 is 1.87 bits per heavy atom. The molecule has 0 atom stereocenters. The van der Waals surface area contributed by atoms with Crippen molar-refractivity contribution in [1.82, 2.24) is 5.32 Å². The van der Waals surface area contributed by atoms with Crippen LogP contribution in [0.5, 0.6) is 11.5 Å². The van der Waals surface area contributed by atoms with Crippen LogP contribution in [0.3, 0.4) is 0 Å². The van der Waals surface area contributed by atoms with Gasteiger partial charge in [0.15, 0.2) is 6.61 Å². The molecule has 0 aliphatic heterocycles. The Morgan fingerprint density at radius 1 is 1.13 bits per heavy atom. The fourth-order valence-electron chi connectivity index (χ4n) is 2.55. The normalized spacial score (nSPS) is 14.0. The van der Waals surface area contributed by atoms with Gasteiger partial charge >= 0.3 is 0 Å². The Labute approximate surface area is 138 Å². The van der Waals surface area contributed by atoms with Crippen molar-refractivity contribution in [2.45, 2.75) is 45.4 Å². The first-order valence-electron chi connectivity index (χ1n) is 8.58. The second kappa shape index (κ2) is 9.93. The summed E-state index contributed by atoms with van der Waals surface area (Å²) >= 11 is 0. The Bertz CT molecular complexity index is 508. The summed E-state index contributed by atoms with van der Waals surface area (Å²) in [4.78, 5) is 11.8. The summed E-state index contributed by atoms with van der Waals surface area (Å²) < 4.78 is 11.0. The molecular weight excluding hydrogens is 290 g/mol. The second-order valence-electron chi connectivity index (χ2n) is 5.82. The molecule has 1 amide bonds. The Balaban J connectivity index is 1.62. The number of benzene rings is 1. The zero-order valence-electron chi connectivity index (χ0n) is 14.0. The van der Waals surface area contributed by atoms with E-state index in [1.165, 1.54) is 31.3 Å². The maximum absolute atomic E-state index is 11.8. The number of rotatable bonds is 9. The molecule has 0 heterocycles. The topological polar surface area (TPSA) is 47.6 Å². The van der Waals surface area contributed by atoms with Gasteiger partial charge in [-0.3, -0.25) is 4.79 Å². The van der Waals surface area contributed by atoms with Crippen LogP contribution >= 0.6 is 0 Å². The van der Waals surface area contributed by atoms with Crippen LogP contribution in [0.2, 0.25) is 0 Å². The van der Waals surface area contributed by atoms with Crippen LogP contribution in [0.15, 0.2) is 35.9 Å². The van der Waals surface area contributed by atoms with E-state index in [-0.39, 0.29) is 12.5 Å². The van der Waals surface area contributed by atoms with Crippen molar-refractivity contribution in [1.29, 1.82) is 0 Å². The van der Waals surface area contributed by atoms with Gasteiger partial charge in [-0.1, -0.05) is 18.6 Å². The molecule has 0 saturated carbocycles. The van der Waals surface area contributed by atoms with E-state index < -0.39 is 0 Å². The van der Waals surface area contributed by atoms with E-state index in [1.54, 1.807) is 0 Å². The fourth-order valence-corrected chi connectivity index (χ4v) is 2.55. The van der Waals surface area contributed by atoms with Crippen LogP contribution in [-0.2, 0) is 4.79 Å². The highest BCUT2D eigenvalue weighted by Gasteiger charge is 2.06. The summed E-state index contributed by atoms with van der Waals surface area (Å²) in [6, 6.07) is 7.37. The van der Waals surface area contributed by atoms with Gasteiger partial charge in [-0.15, -0.1) is 0 Å². The van der Waals surface area contributed by atoms with Gasteiger partial charge in [0.2, 0.25) is 0 Å². The molecule has 0 aromatic heterocycles. The van der Waals surface area contributed by atoms with Crippen LogP contribution in [0.4, 0.5) is 0 Å². The lowest BCUT2D eigenvalue weighted by Gasteiger charge is -2.13. The lowest BCUT2D eigenvalue weighted by Crippen LogP contribution is -2.29. The predicted octanol–water partition coefficient (Wildman–Crippen LogP) is 3.86. The van der Waals surface area contributed by atoms with E-state index in [0.717, 1.165) is 18.6 Å². The third-order valence-electron chi connectivity index (χ3n) is 3.82. The summed E-state index contributed by atoms with van der Waals surface area (Å²) in [6.45, 7) is 3.52. The Kier molecular flexibility index (Phi) is 7.50. The van der Waals surface area contributed by atoms with Crippen LogP contribution in [-0.4, -0.2) is 25.7 Å². The van der Waals surface area contributed by atoms with Crippen molar-refractivity contribution >= 4 is 5.91 Å². The van der Waals surface area contributed by atoms with Crippen LogP contribution in [0.1, 0.15) is 45.4 Å². The number of hydrogen-bond acceptors (Lipinski definition) is 3. The number of allylic oxidation sites excluding steroid dienone is 1. The zero-order valence-corrected chi connectivity index (χ0v) is 14.0. The van der Waals surface area contributed by atoms with Crippen molar-refractivity contribution < 1.29 is 14.3 Å². The average Bonchev–Trinajstić information content (AvgIpc) is 2.60. The largest absolute Gasteiger partial charge is 0.494 e. The van der Waals surface area contributed by atoms with Gasteiger partial charge in [0.25, 0.3) is 5.91 Å². The minimum absolute atomic E-state index is 0.0498. The van der Waals surface area contributed by atoms with Crippen molar-refractivity contribution in [2.24, 2.45) is 0 Å². The molecule has 23 heavy (non-hydrogen) atoms. The summed E-state index contributed by atoms with van der Waals surface area (Å²) in [5.41, 5.74) is 1.47. The van der Waals surface area contributed by atoms with Crippen LogP contribution in [0.25, 0.3) is 0 Å². The quantitative estimate of drug-likeness (QED) is 0.704. The molecule has 1 aromatic carbocycles. The third kappa shape index (κ3) is 6.76. The SMILES string of the molecule is CCCOc1ccc(OCC(=O)NCCC2=CCCCC2)cc1. The lowest BCUT2D eigenvalue weighted by atomic mass is 9.97.